The summed E-state index contributed by atoms with van der Waals surface area (Å²) in [6, 6.07) is 10.8. The van der Waals surface area contributed by atoms with Gasteiger partial charge >= 0.3 is 6.36 Å². The number of rotatable bonds is 3. The second-order valence-corrected chi connectivity index (χ2v) is 6.40. The van der Waals surface area contributed by atoms with Gasteiger partial charge in [-0.05, 0) is 48.9 Å². The highest BCUT2D eigenvalue weighted by Crippen LogP contribution is 2.32. The zero-order valence-corrected chi connectivity index (χ0v) is 14.6. The summed E-state index contributed by atoms with van der Waals surface area (Å²) in [6.45, 7) is 1.96. The van der Waals surface area contributed by atoms with Gasteiger partial charge in [0.15, 0.2) is 0 Å². The van der Waals surface area contributed by atoms with Crippen molar-refractivity contribution in [2.45, 2.75) is 13.3 Å². The number of hydrogen-bond donors (Lipinski definition) is 3. The van der Waals surface area contributed by atoms with Crippen LogP contribution in [0.2, 0.25) is 0 Å². The average molecular weight is 388 g/mol. The SMILES string of the molecule is Cc1ccc2nc(C3=C(O)CN(c4ccc(OC(F)(F)F)cc4)C3=N)[nH]c2c1. The third-order valence-corrected chi connectivity index (χ3v) is 4.36. The molecule has 0 unspecified atom stereocenters. The predicted molar refractivity (Wildman–Crippen MR) is 98.6 cm³/mol. The smallest absolute Gasteiger partial charge is 0.509 e. The number of amidine groups is 1. The van der Waals surface area contributed by atoms with Crippen LogP contribution >= 0.6 is 0 Å². The molecule has 0 fully saturated rings. The predicted octanol–water partition coefficient (Wildman–Crippen LogP) is 4.54. The molecule has 0 atom stereocenters. The van der Waals surface area contributed by atoms with Crippen molar-refractivity contribution in [1.82, 2.24) is 9.97 Å². The van der Waals surface area contributed by atoms with Gasteiger partial charge in [0.25, 0.3) is 0 Å². The number of ether oxygens (including phenoxy) is 1. The van der Waals surface area contributed by atoms with Crippen molar-refractivity contribution in [3.8, 4) is 5.75 Å². The van der Waals surface area contributed by atoms with Crippen LogP contribution in [0.4, 0.5) is 18.9 Å². The standard InChI is InChI=1S/C19H15F3N4O2/c1-10-2-7-13-14(8-10)25-18(24-13)16-15(27)9-26(17(16)23)11-3-5-12(6-4-11)28-19(20,21)22/h2-8,23,27H,9H2,1H3,(H,24,25). The van der Waals surface area contributed by atoms with Crippen molar-refractivity contribution >= 4 is 28.1 Å². The van der Waals surface area contributed by atoms with E-state index in [0.29, 0.717) is 17.0 Å². The van der Waals surface area contributed by atoms with Crippen LogP contribution in [0.25, 0.3) is 16.6 Å². The van der Waals surface area contributed by atoms with E-state index in [1.807, 2.05) is 25.1 Å². The molecule has 0 amide bonds. The summed E-state index contributed by atoms with van der Waals surface area (Å²) in [5, 5.41) is 18.8. The molecule has 0 bridgehead atoms. The zero-order valence-electron chi connectivity index (χ0n) is 14.6. The molecule has 1 aliphatic heterocycles. The molecule has 1 aliphatic rings. The molecule has 1 aromatic heterocycles. The lowest BCUT2D eigenvalue weighted by Gasteiger charge is -2.19. The molecule has 144 valence electrons. The van der Waals surface area contributed by atoms with E-state index in [2.05, 4.69) is 14.7 Å². The van der Waals surface area contributed by atoms with Crippen LogP contribution in [0.3, 0.4) is 0 Å². The number of aryl methyl sites for hydroxylation is 1. The van der Waals surface area contributed by atoms with Crippen molar-refractivity contribution in [2.24, 2.45) is 0 Å². The van der Waals surface area contributed by atoms with E-state index in [9.17, 15) is 18.3 Å². The summed E-state index contributed by atoms with van der Waals surface area (Å²) >= 11 is 0. The Kier molecular flexibility index (Phi) is 4.02. The summed E-state index contributed by atoms with van der Waals surface area (Å²) in [6.07, 6.45) is -4.77. The van der Waals surface area contributed by atoms with Crippen LogP contribution in [-0.2, 0) is 0 Å². The number of aliphatic hydroxyl groups is 1. The molecule has 2 aromatic carbocycles. The lowest BCUT2D eigenvalue weighted by molar-refractivity contribution is -0.274. The quantitative estimate of drug-likeness (QED) is 0.615. The Morgan fingerprint density at radius 2 is 1.89 bits per heavy atom. The number of fused-ring (bicyclic) bond motifs is 1. The number of H-pyrrole nitrogens is 1. The second-order valence-electron chi connectivity index (χ2n) is 6.40. The first-order chi connectivity index (χ1) is 13.2. The highest BCUT2D eigenvalue weighted by molar-refractivity contribution is 6.30. The minimum atomic E-state index is -4.77. The Balaban J connectivity index is 1.60. The number of nitrogens with one attached hydrogen (secondary N) is 2. The maximum absolute atomic E-state index is 12.3. The van der Waals surface area contributed by atoms with E-state index >= 15 is 0 Å². The Bertz CT molecular complexity index is 1100. The Labute approximate surface area is 157 Å². The van der Waals surface area contributed by atoms with E-state index in [-0.39, 0.29) is 29.5 Å². The summed E-state index contributed by atoms with van der Waals surface area (Å²) in [7, 11) is 0. The van der Waals surface area contributed by atoms with Gasteiger partial charge in [0, 0.05) is 5.69 Å². The van der Waals surface area contributed by atoms with Crippen molar-refractivity contribution in [3.63, 3.8) is 0 Å². The van der Waals surface area contributed by atoms with Crippen LogP contribution < -0.4 is 9.64 Å². The first-order valence-corrected chi connectivity index (χ1v) is 8.32. The number of anilines is 1. The van der Waals surface area contributed by atoms with Gasteiger partial charge in [-0.15, -0.1) is 13.2 Å². The molecule has 3 aromatic rings. The van der Waals surface area contributed by atoms with Gasteiger partial charge in [-0.25, -0.2) is 4.98 Å². The summed E-state index contributed by atoms with van der Waals surface area (Å²) in [4.78, 5) is 9.01. The second kappa shape index (κ2) is 6.29. The number of alkyl halides is 3. The Morgan fingerprint density at radius 3 is 2.57 bits per heavy atom. The molecule has 9 heteroatoms. The number of aromatic nitrogens is 2. The van der Waals surface area contributed by atoms with Gasteiger partial charge in [-0.3, -0.25) is 5.41 Å². The highest BCUT2D eigenvalue weighted by atomic mass is 19.4. The van der Waals surface area contributed by atoms with E-state index < -0.39 is 6.36 Å². The lowest BCUT2D eigenvalue weighted by atomic mass is 10.2. The molecule has 0 saturated heterocycles. The summed E-state index contributed by atoms with van der Waals surface area (Å²) < 4.78 is 40.7. The lowest BCUT2D eigenvalue weighted by Crippen LogP contribution is -2.26. The number of nitrogens with zero attached hydrogens (tertiary/aromatic N) is 2. The Hall–Kier alpha value is -3.49. The van der Waals surface area contributed by atoms with E-state index in [0.717, 1.165) is 23.2 Å². The third kappa shape index (κ3) is 3.26. The van der Waals surface area contributed by atoms with E-state index in [1.54, 1.807) is 0 Å². The molecular weight excluding hydrogens is 373 g/mol. The fourth-order valence-electron chi connectivity index (χ4n) is 3.12. The minimum Gasteiger partial charge on any atom is -0.509 e. The highest BCUT2D eigenvalue weighted by Gasteiger charge is 2.33. The van der Waals surface area contributed by atoms with Crippen molar-refractivity contribution in [1.29, 1.82) is 5.41 Å². The van der Waals surface area contributed by atoms with Crippen LogP contribution in [0, 0.1) is 12.3 Å². The van der Waals surface area contributed by atoms with Gasteiger partial charge in [0.2, 0.25) is 0 Å². The van der Waals surface area contributed by atoms with Crippen molar-refractivity contribution in [2.75, 3.05) is 11.4 Å². The van der Waals surface area contributed by atoms with E-state index in [1.165, 1.54) is 17.0 Å². The molecule has 0 spiro atoms. The van der Waals surface area contributed by atoms with Gasteiger partial charge in [-0.2, -0.15) is 0 Å². The number of aliphatic hydroxyl groups excluding tert-OH is 1. The number of imidazole rings is 1. The van der Waals surface area contributed by atoms with Crippen LogP contribution in [0.1, 0.15) is 11.4 Å². The van der Waals surface area contributed by atoms with Crippen LogP contribution in [-0.4, -0.2) is 33.8 Å². The van der Waals surface area contributed by atoms with Gasteiger partial charge in [0.05, 0.1) is 23.2 Å². The third-order valence-electron chi connectivity index (χ3n) is 4.36. The maximum atomic E-state index is 12.3. The minimum absolute atomic E-state index is 0.00207. The van der Waals surface area contributed by atoms with Gasteiger partial charge in [0.1, 0.15) is 23.2 Å². The largest absolute Gasteiger partial charge is 0.573 e. The fourth-order valence-corrected chi connectivity index (χ4v) is 3.12. The molecule has 4 rings (SSSR count). The maximum Gasteiger partial charge on any atom is 0.573 e. The van der Waals surface area contributed by atoms with Crippen LogP contribution in [0.15, 0.2) is 48.2 Å². The molecule has 0 aliphatic carbocycles. The molecule has 6 nitrogen and oxygen atoms in total. The summed E-state index contributed by atoms with van der Waals surface area (Å²) in [5.41, 5.74) is 3.25. The average Bonchev–Trinajstić information content (AvgIpc) is 3.14. The van der Waals surface area contributed by atoms with Crippen LogP contribution in [0.5, 0.6) is 5.75 Å². The number of halogens is 3. The van der Waals surface area contributed by atoms with Gasteiger partial charge in [-0.1, -0.05) is 6.07 Å². The number of aromatic amines is 1. The molecular formula is C19H15F3N4O2. The molecule has 3 N–H and O–H groups in total. The molecule has 0 saturated carbocycles. The monoisotopic (exact) mass is 388 g/mol. The Morgan fingerprint density at radius 1 is 1.18 bits per heavy atom. The molecule has 0 radical (unpaired) electrons. The zero-order chi connectivity index (χ0) is 20.1. The fraction of sp³-hybridized carbons (Fsp3) is 0.158. The first kappa shape index (κ1) is 17.9. The number of hydrogen-bond acceptors (Lipinski definition) is 4. The topological polar surface area (TPSA) is 85.2 Å². The normalized spacial score (nSPS) is 15.0. The van der Waals surface area contributed by atoms with Gasteiger partial charge < -0.3 is 19.7 Å². The van der Waals surface area contributed by atoms with E-state index in [4.69, 9.17) is 5.41 Å². The van der Waals surface area contributed by atoms with Crippen molar-refractivity contribution in [3.05, 3.63) is 59.6 Å². The molecule has 28 heavy (non-hydrogen) atoms. The summed E-state index contributed by atoms with van der Waals surface area (Å²) in [5.74, 6) is -0.0381. The number of benzene rings is 2. The molecule has 2 heterocycles. The first-order valence-electron chi connectivity index (χ1n) is 8.32. The van der Waals surface area contributed by atoms with Crippen molar-refractivity contribution < 1.29 is 23.0 Å².